The van der Waals surface area contributed by atoms with Gasteiger partial charge < -0.3 is 10.2 Å². The summed E-state index contributed by atoms with van der Waals surface area (Å²) in [5, 5.41) is 20.6. The molecule has 2 heterocycles. The van der Waals surface area contributed by atoms with Gasteiger partial charge in [0.15, 0.2) is 0 Å². The smallest absolute Gasteiger partial charge is 0.307 e. The number of nitrogens with zero attached hydrogens (tertiary/aromatic N) is 2. The third kappa shape index (κ3) is 3.53. The summed E-state index contributed by atoms with van der Waals surface area (Å²) >= 11 is 0. The van der Waals surface area contributed by atoms with Gasteiger partial charge in [-0.05, 0) is 29.3 Å². The topological polar surface area (TPSA) is 109 Å². The Morgan fingerprint density at radius 2 is 1.77 bits per heavy atom. The highest BCUT2D eigenvalue weighted by Crippen LogP contribution is 2.40. The zero-order valence-corrected chi connectivity index (χ0v) is 16.8. The minimum absolute atomic E-state index is 0.0656. The number of rotatable bonds is 5. The average Bonchev–Trinajstić information content (AvgIpc) is 3.08. The van der Waals surface area contributed by atoms with E-state index in [0.717, 1.165) is 6.26 Å². The third-order valence-electron chi connectivity index (χ3n) is 4.83. The molecular weight excluding hydrogens is 404 g/mol. The molecule has 0 saturated carbocycles. The monoisotopic (exact) mass is 422 g/mol. The molecule has 0 saturated heterocycles. The summed E-state index contributed by atoms with van der Waals surface area (Å²) in [4.78, 5) is 14.9. The molecule has 2 aromatic carbocycles. The number of hydrogen-bond donors (Lipinski definition) is 2. The highest BCUT2D eigenvalue weighted by molar-refractivity contribution is 7.89. The second-order valence-corrected chi connectivity index (χ2v) is 8.79. The number of para-hydroxylation sites is 1. The van der Waals surface area contributed by atoms with E-state index in [-0.39, 0.29) is 12.2 Å². The van der Waals surface area contributed by atoms with E-state index in [2.05, 4.69) is 4.98 Å². The first kappa shape index (κ1) is 19.7. The van der Waals surface area contributed by atoms with Crippen molar-refractivity contribution in [1.29, 1.82) is 0 Å². The fourth-order valence-electron chi connectivity index (χ4n) is 3.53. The number of carbonyl (C=O) groups is 1. The standard InChI is InChI=1S/C22H18N2O5S/c1-30(28,29)24-19(12-16-9-10-23-13-20(16)24)18-4-2-3-17(22(18)27)15-7-5-14(6-8-15)11-21(25)26/h2-10,12-13,27H,11H2,1H3,(H,25,26). The van der Waals surface area contributed by atoms with Crippen LogP contribution in [-0.4, -0.2) is 39.8 Å². The lowest BCUT2D eigenvalue weighted by atomic mass is 9.98. The minimum atomic E-state index is -3.67. The number of fused-ring (bicyclic) bond motifs is 1. The Morgan fingerprint density at radius 1 is 1.07 bits per heavy atom. The van der Waals surface area contributed by atoms with Crippen molar-refractivity contribution < 1.29 is 23.4 Å². The van der Waals surface area contributed by atoms with Gasteiger partial charge in [-0.25, -0.2) is 12.4 Å². The van der Waals surface area contributed by atoms with Crippen molar-refractivity contribution >= 4 is 26.9 Å². The fraction of sp³-hybridized carbons (Fsp3) is 0.0909. The molecule has 7 nitrogen and oxygen atoms in total. The van der Waals surface area contributed by atoms with Crippen LogP contribution in [0.4, 0.5) is 0 Å². The Hall–Kier alpha value is -3.65. The van der Waals surface area contributed by atoms with Gasteiger partial charge in [-0.2, -0.15) is 0 Å². The first-order valence-corrected chi connectivity index (χ1v) is 10.9. The molecule has 2 aromatic heterocycles. The first-order valence-electron chi connectivity index (χ1n) is 9.05. The molecule has 4 rings (SSSR count). The maximum atomic E-state index is 12.5. The van der Waals surface area contributed by atoms with Crippen molar-refractivity contribution in [2.75, 3.05) is 6.26 Å². The molecule has 0 aliphatic carbocycles. The van der Waals surface area contributed by atoms with E-state index in [9.17, 15) is 18.3 Å². The van der Waals surface area contributed by atoms with Crippen molar-refractivity contribution in [3.8, 4) is 28.1 Å². The van der Waals surface area contributed by atoms with Gasteiger partial charge in [-0.3, -0.25) is 9.78 Å². The Morgan fingerprint density at radius 3 is 2.43 bits per heavy atom. The van der Waals surface area contributed by atoms with Crippen LogP contribution in [0, 0.1) is 0 Å². The largest absolute Gasteiger partial charge is 0.507 e. The molecule has 0 radical (unpaired) electrons. The summed E-state index contributed by atoms with van der Waals surface area (Å²) in [6.07, 6.45) is 4.06. The number of aliphatic carboxylic acids is 1. The van der Waals surface area contributed by atoms with Crippen molar-refractivity contribution in [2.45, 2.75) is 6.42 Å². The lowest BCUT2D eigenvalue weighted by Crippen LogP contribution is -2.11. The highest BCUT2D eigenvalue weighted by atomic mass is 32.2. The van der Waals surface area contributed by atoms with Crippen molar-refractivity contribution in [3.63, 3.8) is 0 Å². The van der Waals surface area contributed by atoms with E-state index in [0.29, 0.717) is 38.9 Å². The molecule has 0 bridgehead atoms. The van der Waals surface area contributed by atoms with E-state index in [1.165, 1.54) is 10.2 Å². The summed E-state index contributed by atoms with van der Waals surface area (Å²) < 4.78 is 26.2. The summed E-state index contributed by atoms with van der Waals surface area (Å²) in [5.41, 5.74) is 2.97. The van der Waals surface area contributed by atoms with Crippen LogP contribution < -0.4 is 0 Å². The molecule has 0 amide bonds. The van der Waals surface area contributed by atoms with Gasteiger partial charge in [0.25, 0.3) is 0 Å². The number of hydrogen-bond acceptors (Lipinski definition) is 5. The molecule has 0 atom stereocenters. The number of aromatic nitrogens is 2. The summed E-state index contributed by atoms with van der Waals surface area (Å²) in [6, 6.07) is 15.4. The molecule has 152 valence electrons. The number of phenolic OH excluding ortho intramolecular Hbond substituents is 1. The lowest BCUT2D eigenvalue weighted by molar-refractivity contribution is -0.136. The summed E-state index contributed by atoms with van der Waals surface area (Å²) in [5.74, 6) is -0.986. The van der Waals surface area contributed by atoms with Crippen LogP contribution in [0.5, 0.6) is 5.75 Å². The quantitative estimate of drug-likeness (QED) is 0.509. The van der Waals surface area contributed by atoms with Gasteiger partial charge in [-0.1, -0.05) is 36.4 Å². The Labute approximate surface area is 172 Å². The SMILES string of the molecule is CS(=O)(=O)n1c(-c2cccc(-c3ccc(CC(=O)O)cc3)c2O)cc2ccncc21. The highest BCUT2D eigenvalue weighted by Gasteiger charge is 2.21. The third-order valence-corrected chi connectivity index (χ3v) is 5.88. The lowest BCUT2D eigenvalue weighted by Gasteiger charge is -2.13. The maximum absolute atomic E-state index is 12.5. The normalized spacial score (nSPS) is 11.6. The zero-order valence-electron chi connectivity index (χ0n) is 16.0. The molecular formula is C22H18N2O5S. The van der Waals surface area contributed by atoms with Gasteiger partial charge >= 0.3 is 5.97 Å². The van der Waals surface area contributed by atoms with Crippen molar-refractivity contribution in [3.05, 3.63) is 72.6 Å². The van der Waals surface area contributed by atoms with Crippen LogP contribution in [0.25, 0.3) is 33.3 Å². The Balaban J connectivity index is 1.88. The number of benzene rings is 2. The molecule has 2 N–H and O–H groups in total. The Bertz CT molecular complexity index is 1370. The number of carboxylic acid groups (broad SMARTS) is 1. The molecule has 4 aromatic rings. The van der Waals surface area contributed by atoms with E-state index in [1.807, 2.05) is 0 Å². The molecule has 8 heteroatoms. The van der Waals surface area contributed by atoms with Gasteiger partial charge in [-0.15, -0.1) is 0 Å². The van der Waals surface area contributed by atoms with Crippen molar-refractivity contribution in [1.82, 2.24) is 8.96 Å². The fourth-order valence-corrected chi connectivity index (χ4v) is 4.55. The predicted molar refractivity (Wildman–Crippen MR) is 114 cm³/mol. The van der Waals surface area contributed by atoms with Gasteiger partial charge in [0.2, 0.25) is 10.0 Å². The number of carboxylic acids is 1. The summed E-state index contributed by atoms with van der Waals surface area (Å²) in [6.45, 7) is 0. The Kier molecular flexibility index (Phi) is 4.79. The number of pyridine rings is 1. The van der Waals surface area contributed by atoms with E-state index in [4.69, 9.17) is 5.11 Å². The van der Waals surface area contributed by atoms with Crippen LogP contribution in [0.2, 0.25) is 0 Å². The molecule has 0 spiro atoms. The van der Waals surface area contributed by atoms with Gasteiger partial charge in [0, 0.05) is 22.7 Å². The predicted octanol–water partition coefficient (Wildman–Crippen LogP) is 3.51. The van der Waals surface area contributed by atoms with Gasteiger partial charge in [0.1, 0.15) is 5.75 Å². The van der Waals surface area contributed by atoms with E-state index < -0.39 is 16.0 Å². The van der Waals surface area contributed by atoms with Crippen LogP contribution in [-0.2, 0) is 21.2 Å². The van der Waals surface area contributed by atoms with E-state index in [1.54, 1.807) is 60.8 Å². The molecule has 30 heavy (non-hydrogen) atoms. The zero-order chi connectivity index (χ0) is 21.5. The molecule has 0 aliphatic heterocycles. The molecule has 0 aliphatic rings. The summed E-state index contributed by atoms with van der Waals surface area (Å²) in [7, 11) is -3.67. The second kappa shape index (κ2) is 7.31. The number of aromatic hydroxyl groups is 1. The maximum Gasteiger partial charge on any atom is 0.307 e. The van der Waals surface area contributed by atoms with Crippen LogP contribution in [0.1, 0.15) is 5.56 Å². The van der Waals surface area contributed by atoms with Gasteiger partial charge in [0.05, 0.1) is 30.1 Å². The van der Waals surface area contributed by atoms with E-state index >= 15 is 0 Å². The first-order chi connectivity index (χ1) is 14.3. The minimum Gasteiger partial charge on any atom is -0.507 e. The second-order valence-electron chi connectivity index (χ2n) is 6.96. The number of phenols is 1. The average molecular weight is 422 g/mol. The van der Waals surface area contributed by atoms with Crippen LogP contribution in [0.15, 0.2) is 67.0 Å². The van der Waals surface area contributed by atoms with Crippen LogP contribution in [0.3, 0.4) is 0 Å². The van der Waals surface area contributed by atoms with Crippen LogP contribution >= 0.6 is 0 Å². The van der Waals surface area contributed by atoms with Crippen molar-refractivity contribution in [2.24, 2.45) is 0 Å². The molecule has 0 fully saturated rings. The molecule has 0 unspecified atom stereocenters.